The Hall–Kier alpha value is -1.24. The van der Waals surface area contributed by atoms with Crippen LogP contribution in [0.4, 0.5) is 0 Å². The van der Waals surface area contributed by atoms with Crippen LogP contribution >= 0.6 is 0 Å². The molecule has 0 aliphatic heterocycles. The van der Waals surface area contributed by atoms with Crippen LogP contribution in [0.3, 0.4) is 0 Å². The van der Waals surface area contributed by atoms with Gasteiger partial charge in [-0.15, -0.1) is 0 Å². The van der Waals surface area contributed by atoms with Crippen LogP contribution in [0.2, 0.25) is 0 Å². The van der Waals surface area contributed by atoms with Crippen molar-refractivity contribution in [3.63, 3.8) is 0 Å². The maximum absolute atomic E-state index is 10.8. The monoisotopic (exact) mass is 259 g/mol. The van der Waals surface area contributed by atoms with Crippen LogP contribution in [-0.2, 0) is 9.59 Å². The predicted octanol–water partition coefficient (Wildman–Crippen LogP) is -1.03. The molecule has 104 valence electrons. The molecule has 0 aromatic heterocycles. The summed E-state index contributed by atoms with van der Waals surface area (Å²) in [5.41, 5.74) is 4.68. The molecule has 1 amide bonds. The Labute approximate surface area is 106 Å². The van der Waals surface area contributed by atoms with Crippen molar-refractivity contribution in [1.82, 2.24) is 0 Å². The van der Waals surface area contributed by atoms with E-state index in [4.69, 9.17) is 5.73 Å². The number of nitrogens with two attached hydrogens (primary N) is 1. The minimum Gasteiger partial charge on any atom is -0.389 e. The second kappa shape index (κ2) is 6.63. The Morgan fingerprint density at radius 3 is 2.00 bits per heavy atom. The summed E-state index contributed by atoms with van der Waals surface area (Å²) in [5.74, 6) is -2.60. The van der Waals surface area contributed by atoms with E-state index in [2.05, 4.69) is 0 Å². The fraction of sp³-hybridized carbons (Fsp3) is 0.667. The van der Waals surface area contributed by atoms with Crippen LogP contribution in [0.5, 0.6) is 0 Å². The van der Waals surface area contributed by atoms with Gasteiger partial charge in [0.2, 0.25) is 5.91 Å². The topological polar surface area (TPSA) is 121 Å². The summed E-state index contributed by atoms with van der Waals surface area (Å²) in [5, 5.41) is 28.8. The minimum atomic E-state index is -1.74. The van der Waals surface area contributed by atoms with Crippen molar-refractivity contribution in [2.24, 2.45) is 17.1 Å². The van der Waals surface area contributed by atoms with Gasteiger partial charge in [0.1, 0.15) is 30.5 Å². The fourth-order valence-corrected chi connectivity index (χ4v) is 1.23. The van der Waals surface area contributed by atoms with Crippen LogP contribution in [-0.4, -0.2) is 45.8 Å². The van der Waals surface area contributed by atoms with E-state index in [1.54, 1.807) is 6.08 Å². The van der Waals surface area contributed by atoms with E-state index < -0.39 is 30.1 Å². The van der Waals surface area contributed by atoms with Gasteiger partial charge in [0.05, 0.1) is 0 Å². The van der Waals surface area contributed by atoms with Crippen molar-refractivity contribution in [2.45, 2.75) is 39.1 Å². The molecule has 0 saturated heterocycles. The molecule has 5 N–H and O–H groups in total. The molecular weight excluding hydrogens is 238 g/mol. The Balaban J connectivity index is 4.73. The van der Waals surface area contributed by atoms with Crippen molar-refractivity contribution in [2.75, 3.05) is 0 Å². The molecule has 0 aliphatic rings. The van der Waals surface area contributed by atoms with E-state index in [-0.39, 0.29) is 11.7 Å². The molecule has 18 heavy (non-hydrogen) atoms. The molecule has 0 saturated carbocycles. The van der Waals surface area contributed by atoms with Crippen molar-refractivity contribution < 1.29 is 24.9 Å². The highest BCUT2D eigenvalue weighted by atomic mass is 16.4. The van der Waals surface area contributed by atoms with E-state index in [9.17, 15) is 24.9 Å². The molecule has 0 aliphatic carbocycles. The largest absolute Gasteiger partial charge is 0.389 e. The summed E-state index contributed by atoms with van der Waals surface area (Å²) < 4.78 is 0. The van der Waals surface area contributed by atoms with Crippen LogP contribution in [0.1, 0.15) is 20.8 Å². The lowest BCUT2D eigenvalue weighted by Crippen LogP contribution is -2.46. The lowest BCUT2D eigenvalue weighted by Gasteiger charge is -2.24. The van der Waals surface area contributed by atoms with Gasteiger partial charge in [0.25, 0.3) is 0 Å². The number of aldehydes is 1. The number of aliphatic hydroxyl groups is 3. The van der Waals surface area contributed by atoms with E-state index in [1.807, 2.05) is 20.8 Å². The molecule has 6 heteroatoms. The van der Waals surface area contributed by atoms with Crippen molar-refractivity contribution >= 4 is 12.2 Å². The zero-order valence-corrected chi connectivity index (χ0v) is 10.8. The van der Waals surface area contributed by atoms with Crippen molar-refractivity contribution in [3.05, 3.63) is 12.2 Å². The van der Waals surface area contributed by atoms with Gasteiger partial charge in [0, 0.05) is 0 Å². The maximum Gasteiger partial charge on any atom is 0.230 e. The van der Waals surface area contributed by atoms with Crippen molar-refractivity contribution in [1.29, 1.82) is 0 Å². The highest BCUT2D eigenvalue weighted by Crippen LogP contribution is 2.17. The second-order valence-corrected chi connectivity index (χ2v) is 5.26. The van der Waals surface area contributed by atoms with E-state index in [0.29, 0.717) is 0 Å². The number of primary amides is 1. The Morgan fingerprint density at radius 1 is 1.17 bits per heavy atom. The molecule has 0 rings (SSSR count). The predicted molar refractivity (Wildman–Crippen MR) is 65.4 cm³/mol. The van der Waals surface area contributed by atoms with Crippen LogP contribution < -0.4 is 5.73 Å². The first-order valence-corrected chi connectivity index (χ1v) is 5.58. The zero-order valence-electron chi connectivity index (χ0n) is 10.8. The van der Waals surface area contributed by atoms with E-state index in [0.717, 1.165) is 0 Å². The number of hydrogen-bond donors (Lipinski definition) is 4. The summed E-state index contributed by atoms with van der Waals surface area (Å²) in [4.78, 5) is 21.4. The Bertz CT molecular complexity index is 321. The van der Waals surface area contributed by atoms with Gasteiger partial charge in [-0.3, -0.25) is 4.79 Å². The molecule has 0 aromatic rings. The number of hydrogen-bond acceptors (Lipinski definition) is 5. The van der Waals surface area contributed by atoms with Gasteiger partial charge in [-0.1, -0.05) is 32.9 Å². The van der Waals surface area contributed by atoms with Crippen LogP contribution in [0, 0.1) is 11.3 Å². The summed E-state index contributed by atoms with van der Waals surface area (Å²) in [6, 6.07) is 0. The number of allylic oxidation sites excluding steroid dienone is 1. The first kappa shape index (κ1) is 16.8. The van der Waals surface area contributed by atoms with Gasteiger partial charge in [-0.05, 0) is 5.41 Å². The van der Waals surface area contributed by atoms with Crippen molar-refractivity contribution in [3.8, 4) is 0 Å². The minimum absolute atomic E-state index is 0.149. The molecule has 0 aromatic carbocycles. The van der Waals surface area contributed by atoms with E-state index >= 15 is 0 Å². The lowest BCUT2D eigenvalue weighted by atomic mass is 9.92. The molecule has 6 nitrogen and oxygen atoms in total. The Morgan fingerprint density at radius 2 is 1.67 bits per heavy atom. The normalized spacial score (nSPS) is 19.2. The Kier molecular flexibility index (Phi) is 6.17. The zero-order chi connectivity index (χ0) is 14.5. The number of rotatable bonds is 6. The number of aliphatic hydroxyl groups excluding tert-OH is 3. The third kappa shape index (κ3) is 5.39. The highest BCUT2D eigenvalue weighted by Gasteiger charge is 2.33. The second-order valence-electron chi connectivity index (χ2n) is 5.26. The first-order valence-electron chi connectivity index (χ1n) is 5.58. The average molecular weight is 259 g/mol. The molecular formula is C12H21NO5. The molecule has 0 bridgehead atoms. The molecule has 1 unspecified atom stereocenters. The van der Waals surface area contributed by atoms with Gasteiger partial charge in [-0.25, -0.2) is 0 Å². The third-order valence-electron chi connectivity index (χ3n) is 2.34. The number of amides is 1. The van der Waals surface area contributed by atoms with Crippen LogP contribution in [0.25, 0.3) is 0 Å². The molecule has 4 atom stereocenters. The maximum atomic E-state index is 10.8. The van der Waals surface area contributed by atoms with E-state index in [1.165, 1.54) is 6.08 Å². The summed E-state index contributed by atoms with van der Waals surface area (Å²) >= 11 is 0. The standard InChI is InChI=1S/C12H21NO5/c1-12(2,3)5-4-8(15)10(17)9(16)7(6-14)11(13)18/h4-10,15-17H,1-3H3,(H2,13,18)/b5-4+/t7?,8-,9+,10+/m1/s1. The number of carbonyl (C=O) groups is 2. The van der Waals surface area contributed by atoms with Gasteiger partial charge in [0.15, 0.2) is 0 Å². The quantitative estimate of drug-likeness (QED) is 0.276. The van der Waals surface area contributed by atoms with Gasteiger partial charge in [-0.2, -0.15) is 0 Å². The molecule has 0 heterocycles. The average Bonchev–Trinajstić information content (AvgIpc) is 2.24. The SMILES string of the molecule is CC(C)(C)/C=C/[C@@H](O)[C@H](O)[C@@H](O)C(C=O)C(N)=O. The summed E-state index contributed by atoms with van der Waals surface area (Å²) in [6.45, 7) is 5.66. The fourth-order valence-electron chi connectivity index (χ4n) is 1.23. The summed E-state index contributed by atoms with van der Waals surface area (Å²) in [7, 11) is 0. The molecule has 0 spiro atoms. The van der Waals surface area contributed by atoms with Crippen LogP contribution in [0.15, 0.2) is 12.2 Å². The molecule has 0 fully saturated rings. The highest BCUT2D eigenvalue weighted by molar-refractivity contribution is 5.91. The smallest absolute Gasteiger partial charge is 0.230 e. The third-order valence-corrected chi connectivity index (χ3v) is 2.34. The first-order chi connectivity index (χ1) is 8.10. The number of carbonyl (C=O) groups excluding carboxylic acids is 2. The lowest BCUT2D eigenvalue weighted by molar-refractivity contribution is -0.137. The van der Waals surface area contributed by atoms with Gasteiger partial charge < -0.3 is 25.8 Å². The molecule has 0 radical (unpaired) electrons. The summed E-state index contributed by atoms with van der Waals surface area (Å²) in [6.07, 6.45) is -1.69. The van der Waals surface area contributed by atoms with Gasteiger partial charge >= 0.3 is 0 Å².